The zero-order chi connectivity index (χ0) is 13.5. The van der Waals surface area contributed by atoms with E-state index in [4.69, 9.17) is 4.74 Å². The third kappa shape index (κ3) is 3.63. The molecule has 1 nitrogen and oxygen atoms in total. The van der Waals surface area contributed by atoms with Crippen molar-refractivity contribution in [3.05, 3.63) is 41.0 Å². The summed E-state index contributed by atoms with van der Waals surface area (Å²) in [6.45, 7) is 11.7. The highest BCUT2D eigenvalue weighted by Crippen LogP contribution is 2.30. The van der Waals surface area contributed by atoms with Gasteiger partial charge in [-0.1, -0.05) is 32.1 Å². The van der Waals surface area contributed by atoms with Crippen LogP contribution in [0.2, 0.25) is 0 Å². The molecule has 0 amide bonds. The number of rotatable bonds is 6. The second kappa shape index (κ2) is 7.25. The van der Waals surface area contributed by atoms with Gasteiger partial charge in [0.25, 0.3) is 0 Å². The quantitative estimate of drug-likeness (QED) is 0.630. The summed E-state index contributed by atoms with van der Waals surface area (Å²) < 4.78 is 5.77. The molecule has 0 radical (unpaired) electrons. The fourth-order valence-corrected chi connectivity index (χ4v) is 2.19. The Kier molecular flexibility index (Phi) is 5.97. The summed E-state index contributed by atoms with van der Waals surface area (Å²) in [4.78, 5) is 0. The zero-order valence-corrected chi connectivity index (χ0v) is 12.4. The maximum absolute atomic E-state index is 5.77. The summed E-state index contributed by atoms with van der Waals surface area (Å²) >= 11 is 0. The minimum absolute atomic E-state index is 0.570. The molecule has 0 saturated carbocycles. The van der Waals surface area contributed by atoms with E-state index in [1.54, 1.807) is 0 Å². The third-order valence-electron chi connectivity index (χ3n) is 3.50. The van der Waals surface area contributed by atoms with E-state index in [-0.39, 0.29) is 0 Å². The normalized spacial score (nSPS) is 12.9. The van der Waals surface area contributed by atoms with Crippen LogP contribution < -0.4 is 4.74 Å². The molecule has 1 aromatic carbocycles. The summed E-state index contributed by atoms with van der Waals surface area (Å²) in [5.74, 6) is 1.61. The van der Waals surface area contributed by atoms with Gasteiger partial charge in [0.1, 0.15) is 5.75 Å². The average molecular weight is 246 g/mol. The van der Waals surface area contributed by atoms with Crippen LogP contribution in [0.15, 0.2) is 24.3 Å². The van der Waals surface area contributed by atoms with Gasteiger partial charge in [-0.3, -0.25) is 0 Å². The number of allylic oxidation sites excluding steroid dienone is 2. The molecule has 1 atom stereocenters. The van der Waals surface area contributed by atoms with Crippen molar-refractivity contribution in [2.24, 2.45) is 0 Å². The van der Waals surface area contributed by atoms with Gasteiger partial charge in [0.2, 0.25) is 0 Å². The molecule has 1 heteroatoms. The topological polar surface area (TPSA) is 9.23 Å². The molecular weight excluding hydrogens is 220 g/mol. The molecule has 0 aliphatic heterocycles. The molecule has 0 aromatic heterocycles. The van der Waals surface area contributed by atoms with Crippen LogP contribution in [0.1, 0.15) is 56.2 Å². The predicted molar refractivity (Wildman–Crippen MR) is 79.5 cm³/mol. The van der Waals surface area contributed by atoms with Gasteiger partial charge < -0.3 is 4.74 Å². The first-order valence-corrected chi connectivity index (χ1v) is 6.95. The molecule has 0 saturated heterocycles. The van der Waals surface area contributed by atoms with Crippen LogP contribution in [-0.2, 0) is 0 Å². The van der Waals surface area contributed by atoms with Gasteiger partial charge in [0.15, 0.2) is 0 Å². The van der Waals surface area contributed by atoms with Crippen LogP contribution in [0.25, 0.3) is 0 Å². The average Bonchev–Trinajstić information content (AvgIpc) is 2.37. The molecule has 0 bridgehead atoms. The van der Waals surface area contributed by atoms with Gasteiger partial charge in [0.05, 0.1) is 6.61 Å². The molecule has 0 aliphatic rings. The van der Waals surface area contributed by atoms with Gasteiger partial charge in [-0.05, 0) is 62.3 Å². The molecule has 0 aliphatic carbocycles. The second-order valence-corrected chi connectivity index (χ2v) is 4.96. The molecule has 0 heterocycles. The lowest BCUT2D eigenvalue weighted by Gasteiger charge is -2.18. The van der Waals surface area contributed by atoms with Crippen molar-refractivity contribution in [2.45, 2.75) is 53.4 Å². The zero-order valence-electron chi connectivity index (χ0n) is 12.4. The van der Waals surface area contributed by atoms with Crippen LogP contribution in [0.4, 0.5) is 0 Å². The van der Waals surface area contributed by atoms with Crippen LogP contribution in [0.3, 0.4) is 0 Å². The Hall–Kier alpha value is -1.24. The number of hydrogen-bond acceptors (Lipinski definition) is 1. The minimum Gasteiger partial charge on any atom is -0.493 e. The first-order valence-electron chi connectivity index (χ1n) is 6.95. The van der Waals surface area contributed by atoms with Crippen molar-refractivity contribution in [1.29, 1.82) is 0 Å². The smallest absolute Gasteiger partial charge is 0.122 e. The first-order chi connectivity index (χ1) is 8.61. The van der Waals surface area contributed by atoms with Crippen molar-refractivity contribution in [3.63, 3.8) is 0 Å². The molecule has 0 fully saturated rings. The van der Waals surface area contributed by atoms with E-state index < -0.39 is 0 Å². The largest absolute Gasteiger partial charge is 0.493 e. The standard InChI is InChI=1S/C17H26O/c1-6-8-9-13(3)16-10-11-17(18-12-7-2)15(5)14(16)4/h6,8,10-11,13H,7,9,12H2,1-5H3/b8-6-. The lowest BCUT2D eigenvalue weighted by molar-refractivity contribution is 0.315. The highest BCUT2D eigenvalue weighted by molar-refractivity contribution is 5.45. The molecule has 1 aromatic rings. The highest BCUT2D eigenvalue weighted by Gasteiger charge is 2.11. The van der Waals surface area contributed by atoms with Crippen molar-refractivity contribution in [1.82, 2.24) is 0 Å². The van der Waals surface area contributed by atoms with Gasteiger partial charge >= 0.3 is 0 Å². The van der Waals surface area contributed by atoms with E-state index >= 15 is 0 Å². The Labute approximate surface area is 112 Å². The van der Waals surface area contributed by atoms with Crippen LogP contribution >= 0.6 is 0 Å². The fourth-order valence-electron chi connectivity index (χ4n) is 2.19. The predicted octanol–water partition coefficient (Wildman–Crippen LogP) is 5.16. The van der Waals surface area contributed by atoms with Crippen molar-refractivity contribution in [3.8, 4) is 5.75 Å². The van der Waals surface area contributed by atoms with Crippen molar-refractivity contribution >= 4 is 0 Å². The van der Waals surface area contributed by atoms with Crippen molar-refractivity contribution in [2.75, 3.05) is 6.61 Å². The lowest BCUT2D eigenvalue weighted by atomic mass is 9.91. The van der Waals surface area contributed by atoms with Crippen LogP contribution in [0, 0.1) is 13.8 Å². The van der Waals surface area contributed by atoms with Gasteiger partial charge in [-0.15, -0.1) is 0 Å². The Morgan fingerprint density at radius 3 is 2.56 bits per heavy atom. The Morgan fingerprint density at radius 1 is 1.22 bits per heavy atom. The Balaban J connectivity index is 2.92. The van der Waals surface area contributed by atoms with Crippen LogP contribution in [0.5, 0.6) is 5.75 Å². The first kappa shape index (κ1) is 14.8. The Bertz CT molecular complexity index is 404. The summed E-state index contributed by atoms with van der Waals surface area (Å²) in [6.07, 6.45) is 6.52. The van der Waals surface area contributed by atoms with E-state index in [1.165, 1.54) is 16.7 Å². The molecule has 1 unspecified atom stereocenters. The number of benzene rings is 1. The van der Waals surface area contributed by atoms with E-state index in [0.29, 0.717) is 5.92 Å². The van der Waals surface area contributed by atoms with Gasteiger partial charge in [-0.2, -0.15) is 0 Å². The Morgan fingerprint density at radius 2 is 1.94 bits per heavy atom. The van der Waals surface area contributed by atoms with Gasteiger partial charge in [0, 0.05) is 0 Å². The molecule has 100 valence electrons. The van der Waals surface area contributed by atoms with E-state index in [9.17, 15) is 0 Å². The van der Waals surface area contributed by atoms with E-state index in [0.717, 1.165) is 25.2 Å². The molecular formula is C17H26O. The molecule has 18 heavy (non-hydrogen) atoms. The highest BCUT2D eigenvalue weighted by atomic mass is 16.5. The number of hydrogen-bond donors (Lipinski definition) is 0. The van der Waals surface area contributed by atoms with Crippen LogP contribution in [-0.4, -0.2) is 6.61 Å². The minimum atomic E-state index is 0.570. The molecule has 0 N–H and O–H groups in total. The van der Waals surface area contributed by atoms with Crippen molar-refractivity contribution < 1.29 is 4.74 Å². The van der Waals surface area contributed by atoms with Gasteiger partial charge in [-0.25, -0.2) is 0 Å². The molecule has 0 spiro atoms. The fraction of sp³-hybridized carbons (Fsp3) is 0.529. The maximum Gasteiger partial charge on any atom is 0.122 e. The summed E-state index contributed by atoms with van der Waals surface area (Å²) in [6, 6.07) is 4.35. The summed E-state index contributed by atoms with van der Waals surface area (Å²) in [7, 11) is 0. The second-order valence-electron chi connectivity index (χ2n) is 4.96. The van der Waals surface area contributed by atoms with E-state index in [1.807, 2.05) is 0 Å². The monoisotopic (exact) mass is 246 g/mol. The summed E-state index contributed by atoms with van der Waals surface area (Å²) in [5.41, 5.74) is 4.10. The third-order valence-corrected chi connectivity index (χ3v) is 3.50. The van der Waals surface area contributed by atoms with E-state index in [2.05, 4.69) is 58.9 Å². The number of ether oxygens (including phenoxy) is 1. The maximum atomic E-state index is 5.77. The summed E-state index contributed by atoms with van der Waals surface area (Å²) in [5, 5.41) is 0. The lowest BCUT2D eigenvalue weighted by Crippen LogP contribution is -2.02. The SMILES string of the molecule is C/C=C\CC(C)c1ccc(OCCC)c(C)c1C. The molecule has 1 rings (SSSR count).